The fourth-order valence-electron chi connectivity index (χ4n) is 0.934. The molecule has 6 nitrogen and oxygen atoms in total. The largest absolute Gasteiger partial charge is 0.396 e. The Balaban J connectivity index is 2.59. The van der Waals surface area contributed by atoms with E-state index in [4.69, 9.17) is 5.11 Å². The molecule has 1 heterocycles. The zero-order valence-electron chi connectivity index (χ0n) is 7.84. The Morgan fingerprint density at radius 1 is 1.64 bits per heavy atom. The molecule has 0 atom stereocenters. The van der Waals surface area contributed by atoms with Crippen molar-refractivity contribution in [2.75, 3.05) is 17.1 Å². The summed E-state index contributed by atoms with van der Waals surface area (Å²) < 4.78 is 26.4. The van der Waals surface area contributed by atoms with E-state index in [-0.39, 0.29) is 18.8 Å². The molecule has 2 N–H and O–H groups in total. The van der Waals surface area contributed by atoms with Gasteiger partial charge < -0.3 is 5.11 Å². The van der Waals surface area contributed by atoms with Crippen molar-refractivity contribution in [1.82, 2.24) is 9.78 Å². The molecule has 0 aliphatic carbocycles. The first kappa shape index (κ1) is 11.0. The molecule has 0 saturated carbocycles. The third-order valence-electron chi connectivity index (χ3n) is 1.54. The van der Waals surface area contributed by atoms with Crippen molar-refractivity contribution in [3.8, 4) is 0 Å². The van der Waals surface area contributed by atoms with Crippen molar-refractivity contribution in [1.29, 1.82) is 0 Å². The van der Waals surface area contributed by atoms with E-state index in [1.807, 2.05) is 0 Å². The van der Waals surface area contributed by atoms with Gasteiger partial charge in [0.25, 0.3) is 0 Å². The average Bonchev–Trinajstić information content (AvgIpc) is 2.47. The number of nitrogens with one attached hydrogen (secondary N) is 1. The van der Waals surface area contributed by atoms with Gasteiger partial charge >= 0.3 is 0 Å². The molecule has 80 valence electrons. The van der Waals surface area contributed by atoms with Crippen LogP contribution in [0, 0.1) is 0 Å². The van der Waals surface area contributed by atoms with Crippen molar-refractivity contribution < 1.29 is 13.5 Å². The number of anilines is 1. The van der Waals surface area contributed by atoms with Gasteiger partial charge in [-0.3, -0.25) is 9.40 Å². The van der Waals surface area contributed by atoms with Crippen LogP contribution in [0.15, 0.2) is 12.3 Å². The fraction of sp³-hybridized carbons (Fsp3) is 0.571. The van der Waals surface area contributed by atoms with E-state index < -0.39 is 10.0 Å². The molecule has 0 amide bonds. The Kier molecular flexibility index (Phi) is 3.48. The van der Waals surface area contributed by atoms with E-state index in [2.05, 4.69) is 9.82 Å². The van der Waals surface area contributed by atoms with Crippen LogP contribution in [0.25, 0.3) is 0 Å². The topological polar surface area (TPSA) is 84.2 Å². The minimum Gasteiger partial charge on any atom is -0.396 e. The molecule has 0 bridgehead atoms. The maximum Gasteiger partial charge on any atom is 0.234 e. The van der Waals surface area contributed by atoms with Crippen LogP contribution in [0.5, 0.6) is 0 Å². The van der Waals surface area contributed by atoms with Crippen molar-refractivity contribution in [3.63, 3.8) is 0 Å². The van der Waals surface area contributed by atoms with Gasteiger partial charge in [-0.2, -0.15) is 5.10 Å². The summed E-state index contributed by atoms with van der Waals surface area (Å²) in [5.41, 5.74) is 0. The predicted octanol–water partition coefficient (Wildman–Crippen LogP) is -0.456. The number of aromatic nitrogens is 2. The molecule has 0 aromatic carbocycles. The fourth-order valence-corrected chi connectivity index (χ4v) is 1.97. The maximum absolute atomic E-state index is 11.3. The van der Waals surface area contributed by atoms with Crippen LogP contribution in [0.4, 0.5) is 5.82 Å². The number of nitrogens with zero attached hydrogens (tertiary/aromatic N) is 2. The number of aryl methyl sites for hydroxylation is 1. The summed E-state index contributed by atoms with van der Waals surface area (Å²) in [5, 5.41) is 12.4. The molecule has 0 unspecified atom stereocenters. The van der Waals surface area contributed by atoms with Gasteiger partial charge in [0, 0.05) is 25.9 Å². The molecular formula is C7H13N3O3S. The van der Waals surface area contributed by atoms with E-state index in [1.54, 1.807) is 19.3 Å². The van der Waals surface area contributed by atoms with Crippen LogP contribution in [0.3, 0.4) is 0 Å². The molecule has 1 aromatic rings. The van der Waals surface area contributed by atoms with E-state index in [1.165, 1.54) is 4.68 Å². The van der Waals surface area contributed by atoms with Gasteiger partial charge in [0.2, 0.25) is 10.0 Å². The van der Waals surface area contributed by atoms with Crippen LogP contribution in [-0.2, 0) is 17.1 Å². The van der Waals surface area contributed by atoms with Crippen molar-refractivity contribution in [3.05, 3.63) is 12.3 Å². The zero-order chi connectivity index (χ0) is 10.6. The number of hydrogen-bond donors (Lipinski definition) is 2. The van der Waals surface area contributed by atoms with Crippen molar-refractivity contribution in [2.45, 2.75) is 6.42 Å². The highest BCUT2D eigenvalue weighted by atomic mass is 32.2. The second-order valence-electron chi connectivity index (χ2n) is 2.87. The summed E-state index contributed by atoms with van der Waals surface area (Å²) in [7, 11) is -1.67. The van der Waals surface area contributed by atoms with E-state index in [0.29, 0.717) is 5.82 Å². The van der Waals surface area contributed by atoms with Gasteiger partial charge in [-0.05, 0) is 6.42 Å². The molecule has 7 heteroatoms. The first-order valence-electron chi connectivity index (χ1n) is 4.14. The second-order valence-corrected chi connectivity index (χ2v) is 4.71. The van der Waals surface area contributed by atoms with E-state index in [0.717, 1.165) is 0 Å². The van der Waals surface area contributed by atoms with Crippen LogP contribution >= 0.6 is 0 Å². The van der Waals surface area contributed by atoms with Crippen LogP contribution in [0.2, 0.25) is 0 Å². The Labute approximate surface area is 82.6 Å². The first-order valence-corrected chi connectivity index (χ1v) is 5.80. The quantitative estimate of drug-likeness (QED) is 0.702. The Morgan fingerprint density at radius 3 is 2.86 bits per heavy atom. The lowest BCUT2D eigenvalue weighted by molar-refractivity contribution is 0.295. The highest BCUT2D eigenvalue weighted by molar-refractivity contribution is 7.92. The lowest BCUT2D eigenvalue weighted by atomic mass is 10.5. The summed E-state index contributed by atoms with van der Waals surface area (Å²) in [4.78, 5) is 0. The third kappa shape index (κ3) is 3.35. The normalized spacial score (nSPS) is 11.6. The molecular weight excluding hydrogens is 206 g/mol. The molecule has 0 saturated heterocycles. The summed E-state index contributed by atoms with van der Waals surface area (Å²) in [6.45, 7) is -0.136. The highest BCUT2D eigenvalue weighted by Gasteiger charge is 2.10. The molecule has 0 fully saturated rings. The van der Waals surface area contributed by atoms with Gasteiger partial charge in [-0.1, -0.05) is 0 Å². The van der Waals surface area contributed by atoms with Crippen LogP contribution in [0.1, 0.15) is 6.42 Å². The monoisotopic (exact) mass is 219 g/mol. The third-order valence-corrected chi connectivity index (χ3v) is 2.89. The Hall–Kier alpha value is -1.08. The number of sulfonamides is 1. The molecule has 1 aromatic heterocycles. The van der Waals surface area contributed by atoms with Gasteiger partial charge in [-0.25, -0.2) is 8.42 Å². The second kappa shape index (κ2) is 4.43. The number of aliphatic hydroxyl groups is 1. The van der Waals surface area contributed by atoms with Crippen molar-refractivity contribution >= 4 is 15.8 Å². The zero-order valence-corrected chi connectivity index (χ0v) is 8.66. The van der Waals surface area contributed by atoms with E-state index >= 15 is 0 Å². The predicted molar refractivity (Wildman–Crippen MR) is 52.3 cm³/mol. The lowest BCUT2D eigenvalue weighted by Gasteiger charge is -2.03. The molecule has 0 radical (unpaired) electrons. The van der Waals surface area contributed by atoms with Crippen LogP contribution in [-0.4, -0.2) is 35.7 Å². The minimum absolute atomic E-state index is 0.0971. The van der Waals surface area contributed by atoms with Gasteiger partial charge in [0.05, 0.1) is 5.75 Å². The number of rotatable bonds is 5. The molecule has 1 rings (SSSR count). The SMILES string of the molecule is Cn1ccc(NS(=O)(=O)CCCO)n1. The number of aliphatic hydroxyl groups excluding tert-OH is 1. The summed E-state index contributed by atoms with van der Waals surface area (Å²) >= 11 is 0. The molecule has 0 aliphatic heterocycles. The summed E-state index contributed by atoms with van der Waals surface area (Å²) in [5.74, 6) is 0.200. The highest BCUT2D eigenvalue weighted by Crippen LogP contribution is 2.04. The smallest absolute Gasteiger partial charge is 0.234 e. The molecule has 0 aliphatic rings. The minimum atomic E-state index is -3.37. The Bertz CT molecular complexity index is 385. The Morgan fingerprint density at radius 2 is 2.36 bits per heavy atom. The van der Waals surface area contributed by atoms with Gasteiger partial charge in [0.1, 0.15) is 0 Å². The average molecular weight is 219 g/mol. The summed E-state index contributed by atoms with van der Waals surface area (Å²) in [6.07, 6.45) is 1.87. The summed E-state index contributed by atoms with van der Waals surface area (Å²) in [6, 6.07) is 1.57. The standard InChI is InChI=1S/C7H13N3O3S/c1-10-4-3-7(8-10)9-14(12,13)6-2-5-11/h3-4,11H,2,5-6H2,1H3,(H,8,9). The van der Waals surface area contributed by atoms with Crippen LogP contribution < -0.4 is 4.72 Å². The van der Waals surface area contributed by atoms with Crippen molar-refractivity contribution in [2.24, 2.45) is 7.05 Å². The number of hydrogen-bond acceptors (Lipinski definition) is 4. The van der Waals surface area contributed by atoms with E-state index in [9.17, 15) is 8.42 Å². The van der Waals surface area contributed by atoms with Gasteiger partial charge in [0.15, 0.2) is 5.82 Å². The maximum atomic E-state index is 11.3. The molecule has 14 heavy (non-hydrogen) atoms. The first-order chi connectivity index (χ1) is 6.53. The molecule has 0 spiro atoms. The van der Waals surface area contributed by atoms with Gasteiger partial charge in [-0.15, -0.1) is 0 Å². The lowest BCUT2D eigenvalue weighted by Crippen LogP contribution is -2.17.